The molecule has 1 atom stereocenters. The molecule has 68 valence electrons. The van der Waals surface area contributed by atoms with Crippen molar-refractivity contribution in [3.8, 4) is 0 Å². The molecule has 0 saturated heterocycles. The van der Waals surface area contributed by atoms with Crippen LogP contribution >= 0.6 is 0 Å². The Balaban J connectivity index is 2.48. The summed E-state index contributed by atoms with van der Waals surface area (Å²) in [5, 5.41) is 3.52. The Labute approximate surface area is 78.0 Å². The van der Waals surface area contributed by atoms with Crippen LogP contribution in [0.5, 0.6) is 0 Å². The van der Waals surface area contributed by atoms with Gasteiger partial charge in [-0.15, -0.1) is 0 Å². The third kappa shape index (κ3) is 3.18. The largest absolute Gasteiger partial charge is 0.0940 e. The summed E-state index contributed by atoms with van der Waals surface area (Å²) in [6.07, 6.45) is 0.911. The molecule has 0 N–H and O–H groups in total. The van der Waals surface area contributed by atoms with Crippen LogP contribution in [0.3, 0.4) is 0 Å². The molecule has 1 aromatic rings. The predicted molar refractivity (Wildman–Crippen MR) is 53.5 cm³/mol. The zero-order valence-corrected chi connectivity index (χ0v) is 7.72. The molecule has 0 aromatic heterocycles. The SMILES string of the molecule is C[C@@H](CCN=[N+]=[N-])c1ccccc1. The summed E-state index contributed by atoms with van der Waals surface area (Å²) in [5.74, 6) is 0.465. The molecular formula is C10H13N3. The average molecular weight is 175 g/mol. The summed E-state index contributed by atoms with van der Waals surface area (Å²) >= 11 is 0. The molecule has 0 heterocycles. The average Bonchev–Trinajstić information content (AvgIpc) is 2.19. The summed E-state index contributed by atoms with van der Waals surface area (Å²) in [6.45, 7) is 2.72. The van der Waals surface area contributed by atoms with Crippen molar-refractivity contribution in [2.75, 3.05) is 6.54 Å². The molecule has 0 aliphatic rings. The zero-order valence-electron chi connectivity index (χ0n) is 7.72. The molecule has 13 heavy (non-hydrogen) atoms. The van der Waals surface area contributed by atoms with E-state index in [0.717, 1.165) is 6.42 Å². The fraction of sp³-hybridized carbons (Fsp3) is 0.400. The van der Waals surface area contributed by atoms with Crippen LogP contribution in [0.2, 0.25) is 0 Å². The third-order valence-corrected chi connectivity index (χ3v) is 2.09. The van der Waals surface area contributed by atoms with Crippen molar-refractivity contribution in [3.63, 3.8) is 0 Å². The number of benzene rings is 1. The molecule has 0 bridgehead atoms. The van der Waals surface area contributed by atoms with Crippen LogP contribution in [0, 0.1) is 0 Å². The molecule has 0 aliphatic heterocycles. The van der Waals surface area contributed by atoms with Gasteiger partial charge in [0.1, 0.15) is 0 Å². The van der Waals surface area contributed by atoms with Gasteiger partial charge >= 0.3 is 0 Å². The van der Waals surface area contributed by atoms with Gasteiger partial charge in [-0.2, -0.15) is 0 Å². The van der Waals surface area contributed by atoms with Gasteiger partial charge in [-0.05, 0) is 23.4 Å². The van der Waals surface area contributed by atoms with Crippen LogP contribution in [0.25, 0.3) is 10.4 Å². The summed E-state index contributed by atoms with van der Waals surface area (Å²) in [5.41, 5.74) is 9.41. The van der Waals surface area contributed by atoms with E-state index >= 15 is 0 Å². The van der Waals surface area contributed by atoms with Crippen molar-refractivity contribution in [2.24, 2.45) is 5.11 Å². The van der Waals surface area contributed by atoms with Gasteiger partial charge < -0.3 is 0 Å². The third-order valence-electron chi connectivity index (χ3n) is 2.09. The van der Waals surface area contributed by atoms with E-state index in [1.54, 1.807) is 0 Å². The molecule has 1 rings (SSSR count). The van der Waals surface area contributed by atoms with Crippen LogP contribution in [-0.2, 0) is 0 Å². The van der Waals surface area contributed by atoms with Crippen LogP contribution in [-0.4, -0.2) is 6.54 Å². The first kappa shape index (κ1) is 9.62. The predicted octanol–water partition coefficient (Wildman–Crippen LogP) is 3.49. The van der Waals surface area contributed by atoms with Crippen molar-refractivity contribution in [1.29, 1.82) is 0 Å². The Morgan fingerprint density at radius 3 is 2.69 bits per heavy atom. The van der Waals surface area contributed by atoms with E-state index in [9.17, 15) is 0 Å². The van der Waals surface area contributed by atoms with Crippen molar-refractivity contribution in [2.45, 2.75) is 19.3 Å². The first-order chi connectivity index (χ1) is 6.34. The van der Waals surface area contributed by atoms with Crippen LogP contribution in [0.1, 0.15) is 24.8 Å². The lowest BCUT2D eigenvalue weighted by Gasteiger charge is -2.08. The fourth-order valence-corrected chi connectivity index (χ4v) is 1.24. The Hall–Kier alpha value is -1.47. The Morgan fingerprint density at radius 2 is 2.08 bits per heavy atom. The highest BCUT2D eigenvalue weighted by atomic mass is 15.1. The van der Waals surface area contributed by atoms with Gasteiger partial charge in [0.25, 0.3) is 0 Å². The molecule has 0 amide bonds. The second-order valence-corrected chi connectivity index (χ2v) is 3.05. The summed E-state index contributed by atoms with van der Waals surface area (Å²) in [6, 6.07) is 10.3. The second kappa shape index (κ2) is 5.22. The van der Waals surface area contributed by atoms with Gasteiger partial charge in [-0.1, -0.05) is 42.4 Å². The molecule has 3 nitrogen and oxygen atoms in total. The van der Waals surface area contributed by atoms with Crippen molar-refractivity contribution < 1.29 is 0 Å². The monoisotopic (exact) mass is 175 g/mol. The van der Waals surface area contributed by atoms with Gasteiger partial charge in [-0.25, -0.2) is 0 Å². The highest BCUT2D eigenvalue weighted by molar-refractivity contribution is 5.18. The first-order valence-electron chi connectivity index (χ1n) is 4.40. The van der Waals surface area contributed by atoms with Crippen molar-refractivity contribution >= 4 is 0 Å². The van der Waals surface area contributed by atoms with Gasteiger partial charge in [0, 0.05) is 11.5 Å². The standard InChI is InChI=1S/C10H13N3/c1-9(7-8-12-13-11)10-5-3-2-4-6-10/h2-6,9H,7-8H2,1H3/t9-/m0/s1. The lowest BCUT2D eigenvalue weighted by molar-refractivity contribution is 0.688. The highest BCUT2D eigenvalue weighted by Crippen LogP contribution is 2.17. The summed E-state index contributed by atoms with van der Waals surface area (Å²) < 4.78 is 0. The molecule has 0 radical (unpaired) electrons. The molecule has 1 aromatic carbocycles. The molecule has 0 saturated carbocycles. The highest BCUT2D eigenvalue weighted by Gasteiger charge is 2.02. The van der Waals surface area contributed by atoms with Gasteiger partial charge in [-0.3, -0.25) is 0 Å². The minimum Gasteiger partial charge on any atom is -0.0940 e. The lowest BCUT2D eigenvalue weighted by Crippen LogP contribution is -1.94. The second-order valence-electron chi connectivity index (χ2n) is 3.05. The molecule has 0 spiro atoms. The van der Waals surface area contributed by atoms with Crippen molar-refractivity contribution in [3.05, 3.63) is 46.3 Å². The topological polar surface area (TPSA) is 48.8 Å². The molecule has 0 unspecified atom stereocenters. The van der Waals surface area contributed by atoms with Gasteiger partial charge in [0.05, 0.1) is 0 Å². The van der Waals surface area contributed by atoms with E-state index in [1.807, 2.05) is 18.2 Å². The molecular weight excluding hydrogens is 162 g/mol. The van der Waals surface area contributed by atoms with Crippen molar-refractivity contribution in [1.82, 2.24) is 0 Å². The van der Waals surface area contributed by atoms with Gasteiger partial charge in [0.15, 0.2) is 0 Å². The maximum atomic E-state index is 8.11. The van der Waals surface area contributed by atoms with E-state index in [2.05, 4.69) is 29.1 Å². The maximum Gasteiger partial charge on any atom is 0.0263 e. The quantitative estimate of drug-likeness (QED) is 0.382. The van der Waals surface area contributed by atoms with Crippen LogP contribution in [0.15, 0.2) is 35.4 Å². The van der Waals surface area contributed by atoms with Gasteiger partial charge in [0.2, 0.25) is 0 Å². The smallest absolute Gasteiger partial charge is 0.0263 e. The fourth-order valence-electron chi connectivity index (χ4n) is 1.24. The van der Waals surface area contributed by atoms with E-state index in [-0.39, 0.29) is 0 Å². The number of azide groups is 1. The number of nitrogens with zero attached hydrogens (tertiary/aromatic N) is 3. The van der Waals surface area contributed by atoms with E-state index in [1.165, 1.54) is 5.56 Å². The lowest BCUT2D eigenvalue weighted by atomic mass is 9.98. The molecule has 0 aliphatic carbocycles. The number of hydrogen-bond donors (Lipinski definition) is 0. The van der Waals surface area contributed by atoms with E-state index in [0.29, 0.717) is 12.5 Å². The van der Waals surface area contributed by atoms with Crippen LogP contribution in [0.4, 0.5) is 0 Å². The zero-order chi connectivity index (χ0) is 9.52. The Morgan fingerprint density at radius 1 is 1.38 bits per heavy atom. The van der Waals surface area contributed by atoms with Crippen LogP contribution < -0.4 is 0 Å². The summed E-state index contributed by atoms with van der Waals surface area (Å²) in [4.78, 5) is 2.73. The van der Waals surface area contributed by atoms with E-state index < -0.39 is 0 Å². The Bertz CT molecular complexity index is 288. The molecule has 3 heteroatoms. The molecule has 0 fully saturated rings. The summed E-state index contributed by atoms with van der Waals surface area (Å²) in [7, 11) is 0. The minimum absolute atomic E-state index is 0.465. The van der Waals surface area contributed by atoms with E-state index in [4.69, 9.17) is 5.53 Å². The first-order valence-corrected chi connectivity index (χ1v) is 4.40. The number of hydrogen-bond acceptors (Lipinski definition) is 1. The minimum atomic E-state index is 0.465. The Kier molecular flexibility index (Phi) is 3.86. The number of rotatable bonds is 4. The maximum absolute atomic E-state index is 8.11. The normalized spacial score (nSPS) is 11.8.